The number of thiophene rings is 3. The normalized spacial score (nSPS) is 11.2. The SMILES string of the molecule is Fc1cc(F)c(Br)cc1Br.O=C(c1ccc2ccccc2c1)c1ccsc1Cl.OC(c1ccc2ccccc2c1)c1ccsc1Cl.[C-]#[N+]c1cc2c(-c3ccc4ccccc4c3)n[nH]c2cn1.c1ccc2cc(-c3[nH]nc4sccc34)ccc2c1. The van der Waals surface area contributed by atoms with Gasteiger partial charge in [0.25, 0.3) is 5.82 Å². The lowest BCUT2D eigenvalue weighted by molar-refractivity contribution is 0.103. The highest BCUT2D eigenvalue weighted by atomic mass is 79.9. The number of aromatic nitrogens is 5. The Morgan fingerprint density at radius 1 is 0.553 bits per heavy atom. The molecule has 17 heteroatoms. The second kappa shape index (κ2) is 26.8. The number of rotatable bonds is 6. The summed E-state index contributed by atoms with van der Waals surface area (Å²) in [6.45, 7) is 7.09. The molecule has 0 bridgehead atoms. The van der Waals surface area contributed by atoms with E-state index in [1.165, 1.54) is 66.6 Å². The second-order valence-corrected chi connectivity index (χ2v) is 24.6. The molecular formula is C68H42Br2Cl2F2N6O2S3. The van der Waals surface area contributed by atoms with Crippen LogP contribution in [0.25, 0.3) is 91.6 Å². The summed E-state index contributed by atoms with van der Waals surface area (Å²) >= 11 is 22.4. The molecule has 85 heavy (non-hydrogen) atoms. The van der Waals surface area contributed by atoms with Crippen LogP contribution < -0.4 is 0 Å². The maximum absolute atomic E-state index is 12.5. The Morgan fingerprint density at radius 3 is 1.68 bits per heavy atom. The zero-order valence-electron chi connectivity index (χ0n) is 44.2. The van der Waals surface area contributed by atoms with E-state index in [-0.39, 0.29) is 14.7 Å². The van der Waals surface area contributed by atoms with Gasteiger partial charge in [-0.05, 0) is 151 Å². The number of ketones is 1. The topological polar surface area (TPSA) is 112 Å². The molecule has 0 saturated carbocycles. The third-order valence-corrected chi connectivity index (χ3v) is 18.1. The van der Waals surface area contributed by atoms with E-state index >= 15 is 0 Å². The Hall–Kier alpha value is -8.27. The molecule has 15 aromatic rings. The quantitative estimate of drug-likeness (QED) is 0.0872. The molecule has 8 nitrogen and oxygen atoms in total. The van der Waals surface area contributed by atoms with Crippen molar-refractivity contribution in [3.05, 3.63) is 292 Å². The molecule has 0 amide bonds. The van der Waals surface area contributed by atoms with E-state index in [1.54, 1.807) is 29.7 Å². The van der Waals surface area contributed by atoms with Crippen molar-refractivity contribution < 1.29 is 18.7 Å². The van der Waals surface area contributed by atoms with Gasteiger partial charge in [-0.2, -0.15) is 10.2 Å². The van der Waals surface area contributed by atoms with Crippen molar-refractivity contribution in [3.8, 4) is 22.5 Å². The first-order chi connectivity index (χ1) is 41.4. The number of carbonyl (C=O) groups excluding carboxylic acids is 1. The first-order valence-corrected chi connectivity index (χ1v) is 30.9. The number of fused-ring (bicyclic) bond motifs is 6. The third-order valence-electron chi connectivity index (χ3n) is 13.7. The minimum absolute atomic E-state index is 0.0213. The predicted molar refractivity (Wildman–Crippen MR) is 356 cm³/mol. The van der Waals surface area contributed by atoms with E-state index in [2.05, 4.69) is 152 Å². The Kier molecular flexibility index (Phi) is 18.4. The number of aromatic amines is 2. The zero-order valence-corrected chi connectivity index (χ0v) is 51.3. The van der Waals surface area contributed by atoms with Gasteiger partial charge in [0.15, 0.2) is 5.78 Å². The molecule has 9 aromatic carbocycles. The van der Waals surface area contributed by atoms with Crippen molar-refractivity contribution in [1.82, 2.24) is 25.4 Å². The fourth-order valence-corrected chi connectivity index (χ4v) is 12.9. The van der Waals surface area contributed by atoms with Gasteiger partial charge in [-0.3, -0.25) is 15.0 Å². The molecule has 0 aliphatic carbocycles. The number of hydrogen-bond donors (Lipinski definition) is 3. The van der Waals surface area contributed by atoms with E-state index in [4.69, 9.17) is 29.8 Å². The lowest BCUT2D eigenvalue weighted by Crippen LogP contribution is -1.99. The molecule has 0 spiro atoms. The summed E-state index contributed by atoms with van der Waals surface area (Å²) in [5, 5.41) is 42.5. The summed E-state index contributed by atoms with van der Waals surface area (Å²) in [5.41, 5.74) is 7.92. The fraction of sp³-hybridized carbons (Fsp3) is 0.0147. The smallest absolute Gasteiger partial charge is 0.270 e. The van der Waals surface area contributed by atoms with Gasteiger partial charge in [-0.25, -0.2) is 8.78 Å². The van der Waals surface area contributed by atoms with E-state index in [0.717, 1.165) is 66.0 Å². The highest BCUT2D eigenvalue weighted by Gasteiger charge is 2.17. The van der Waals surface area contributed by atoms with Crippen LogP contribution in [0.15, 0.2) is 238 Å². The van der Waals surface area contributed by atoms with Gasteiger partial charge in [-0.1, -0.05) is 175 Å². The number of nitrogens with zero attached hydrogens (tertiary/aromatic N) is 4. The summed E-state index contributed by atoms with van der Waals surface area (Å²) in [6, 6.07) is 66.8. The van der Waals surface area contributed by atoms with Crippen molar-refractivity contribution in [1.29, 1.82) is 0 Å². The van der Waals surface area contributed by atoms with Crippen LogP contribution in [0.5, 0.6) is 0 Å². The first kappa shape index (κ1) is 58.5. The van der Waals surface area contributed by atoms with Crippen LogP contribution >= 0.6 is 89.1 Å². The zero-order chi connectivity index (χ0) is 59.0. The van der Waals surface area contributed by atoms with Gasteiger partial charge >= 0.3 is 0 Å². The molecule has 1 unspecified atom stereocenters. The summed E-state index contributed by atoms with van der Waals surface area (Å²) in [6.07, 6.45) is 0.994. The third kappa shape index (κ3) is 13.5. The molecule has 416 valence electrons. The maximum atomic E-state index is 12.5. The number of aliphatic hydroxyl groups excluding tert-OH is 1. The number of aliphatic hydroxyl groups is 1. The van der Waals surface area contributed by atoms with Crippen molar-refractivity contribution in [2.24, 2.45) is 0 Å². The first-order valence-electron chi connectivity index (χ1n) is 26.0. The Balaban J connectivity index is 0.000000112. The lowest BCUT2D eigenvalue weighted by atomic mass is 10.0. The fourth-order valence-electron chi connectivity index (χ4n) is 9.33. The molecular weight excluding hydrogens is 1300 g/mol. The molecule has 6 aromatic heterocycles. The number of pyridine rings is 1. The van der Waals surface area contributed by atoms with Crippen LogP contribution in [0.2, 0.25) is 8.67 Å². The molecule has 6 heterocycles. The van der Waals surface area contributed by atoms with Gasteiger partial charge < -0.3 is 9.95 Å². The Labute approximate surface area is 524 Å². The van der Waals surface area contributed by atoms with Crippen LogP contribution in [-0.2, 0) is 0 Å². The number of hydrogen-bond acceptors (Lipinski definition) is 8. The summed E-state index contributed by atoms with van der Waals surface area (Å²) in [5.74, 6) is -0.834. The molecule has 0 radical (unpaired) electrons. The molecule has 0 aliphatic heterocycles. The van der Waals surface area contributed by atoms with Crippen molar-refractivity contribution in [2.75, 3.05) is 0 Å². The van der Waals surface area contributed by atoms with Crippen LogP contribution in [0.4, 0.5) is 14.6 Å². The van der Waals surface area contributed by atoms with Crippen LogP contribution in [0, 0.1) is 18.2 Å². The average molecular weight is 1340 g/mol. The van der Waals surface area contributed by atoms with E-state index in [1.807, 2.05) is 108 Å². The largest absolute Gasteiger partial charge is 0.384 e. The van der Waals surface area contributed by atoms with E-state index < -0.39 is 17.7 Å². The van der Waals surface area contributed by atoms with Crippen molar-refractivity contribution in [3.63, 3.8) is 0 Å². The average Bonchev–Trinajstić information content (AvgIpc) is 3.57. The molecule has 15 rings (SSSR count). The molecule has 1 atom stereocenters. The summed E-state index contributed by atoms with van der Waals surface area (Å²) in [7, 11) is 0. The van der Waals surface area contributed by atoms with Crippen LogP contribution in [-0.4, -0.2) is 36.3 Å². The molecule has 3 N–H and O–H groups in total. The van der Waals surface area contributed by atoms with E-state index in [9.17, 15) is 18.7 Å². The number of carbonyl (C=O) groups is 1. The standard InChI is InChI=1S/C17H10N4.C15H11ClOS.C15H9ClOS.C15H10N2S.C6H2Br2F2/c1-18-16-9-14-15(10-19-16)20-21-17(14)13-7-6-11-4-2-3-5-12(11)8-13;2*16-15-13(7-8-18-15)14(17)12-6-5-10-3-1-2-4-11(10)9-12;1-2-4-11-9-12(6-5-10(11)3-1)14-13-7-8-18-15(13)17-16-14;7-3-1-4(8)6(10)2-5(3)9/h2-10H,(H,20,21);1-9,14,17H;1-9H;1-9H,(H,16,17);1-2H. The molecule has 0 aliphatic rings. The van der Waals surface area contributed by atoms with Crippen LogP contribution in [0.1, 0.15) is 33.2 Å². The van der Waals surface area contributed by atoms with Crippen molar-refractivity contribution in [2.45, 2.75) is 6.10 Å². The highest BCUT2D eigenvalue weighted by Crippen LogP contribution is 2.35. The number of benzene rings is 9. The number of H-pyrrole nitrogens is 2. The monoisotopic (exact) mass is 1340 g/mol. The minimum Gasteiger partial charge on any atom is -0.384 e. The van der Waals surface area contributed by atoms with Crippen LogP contribution in [0.3, 0.4) is 0 Å². The highest BCUT2D eigenvalue weighted by molar-refractivity contribution is 9.11. The summed E-state index contributed by atoms with van der Waals surface area (Å²) < 4.78 is 26.6. The molecule has 0 fully saturated rings. The second-order valence-electron chi connectivity index (χ2n) is 19.0. The minimum atomic E-state index is -0.659. The van der Waals surface area contributed by atoms with Crippen molar-refractivity contribution >= 4 is 165 Å². The van der Waals surface area contributed by atoms with E-state index in [0.29, 0.717) is 25.6 Å². The summed E-state index contributed by atoms with van der Waals surface area (Å²) in [4.78, 5) is 20.8. The predicted octanol–water partition coefficient (Wildman–Crippen LogP) is 21.7. The Morgan fingerprint density at radius 2 is 1.09 bits per heavy atom. The maximum Gasteiger partial charge on any atom is 0.270 e. The van der Waals surface area contributed by atoms with Gasteiger partial charge in [-0.15, -0.1) is 39.0 Å². The molecule has 0 saturated heterocycles. The lowest BCUT2D eigenvalue weighted by Gasteiger charge is -2.11. The number of halogens is 6. The van der Waals surface area contributed by atoms with Gasteiger partial charge in [0, 0.05) is 39.1 Å². The van der Waals surface area contributed by atoms with Gasteiger partial charge in [0.05, 0.1) is 30.2 Å². The Bertz CT molecular complexity index is 4890. The van der Waals surface area contributed by atoms with Gasteiger partial charge in [0.1, 0.15) is 38.6 Å². The number of nitrogens with one attached hydrogen (secondary N) is 2. The van der Waals surface area contributed by atoms with Gasteiger partial charge in [0.2, 0.25) is 0 Å².